The van der Waals surface area contributed by atoms with Gasteiger partial charge in [0.05, 0.1) is 17.3 Å². The number of carbonyl (C=O) groups is 1. The molecular formula is C13H13N3O4S. The Bertz CT molecular complexity index is 730. The molecule has 0 saturated carbocycles. The van der Waals surface area contributed by atoms with Gasteiger partial charge in [-0.15, -0.1) is 0 Å². The highest BCUT2D eigenvalue weighted by molar-refractivity contribution is 7.89. The van der Waals surface area contributed by atoms with Crippen LogP contribution in [-0.2, 0) is 10.0 Å². The molecule has 2 N–H and O–H groups in total. The zero-order valence-corrected chi connectivity index (χ0v) is 11.9. The summed E-state index contributed by atoms with van der Waals surface area (Å²) in [6, 6.07) is 7.00. The Kier molecular flexibility index (Phi) is 4.29. The molecule has 8 heteroatoms. The Morgan fingerprint density at radius 2 is 2.00 bits per heavy atom. The first-order valence-corrected chi connectivity index (χ1v) is 7.51. The Labute approximate surface area is 121 Å². The number of rotatable bonds is 5. The predicted molar refractivity (Wildman–Crippen MR) is 74.2 cm³/mol. The van der Waals surface area contributed by atoms with Crippen LogP contribution in [0.15, 0.2) is 47.8 Å². The fraction of sp³-hybridized carbons (Fsp3) is 0.154. The summed E-state index contributed by atoms with van der Waals surface area (Å²) in [5.74, 6) is -1.17. The van der Waals surface area contributed by atoms with Crippen LogP contribution in [0.1, 0.15) is 29.0 Å². The van der Waals surface area contributed by atoms with Gasteiger partial charge >= 0.3 is 5.97 Å². The van der Waals surface area contributed by atoms with E-state index in [0.717, 1.165) is 12.3 Å². The first-order valence-electron chi connectivity index (χ1n) is 6.03. The minimum atomic E-state index is -3.84. The molecule has 110 valence electrons. The van der Waals surface area contributed by atoms with Crippen molar-refractivity contribution in [3.8, 4) is 0 Å². The van der Waals surface area contributed by atoms with Crippen LogP contribution in [-0.4, -0.2) is 29.5 Å². The minimum absolute atomic E-state index is 0.0771. The maximum Gasteiger partial charge on any atom is 0.337 e. The third-order valence-electron chi connectivity index (χ3n) is 2.72. The van der Waals surface area contributed by atoms with E-state index in [2.05, 4.69) is 14.7 Å². The molecule has 2 rings (SSSR count). The highest BCUT2D eigenvalue weighted by atomic mass is 32.2. The zero-order valence-electron chi connectivity index (χ0n) is 11.1. The fourth-order valence-electron chi connectivity index (χ4n) is 1.65. The second-order valence-electron chi connectivity index (χ2n) is 4.29. The maximum absolute atomic E-state index is 12.1. The van der Waals surface area contributed by atoms with E-state index in [1.54, 1.807) is 31.3 Å². The minimum Gasteiger partial charge on any atom is -0.478 e. The van der Waals surface area contributed by atoms with Gasteiger partial charge in [0.15, 0.2) is 5.03 Å². The van der Waals surface area contributed by atoms with E-state index in [4.69, 9.17) is 5.11 Å². The molecule has 2 aromatic rings. The van der Waals surface area contributed by atoms with Crippen LogP contribution in [0, 0.1) is 0 Å². The van der Waals surface area contributed by atoms with Gasteiger partial charge in [0.2, 0.25) is 0 Å². The van der Waals surface area contributed by atoms with Crippen LogP contribution in [0.2, 0.25) is 0 Å². The molecule has 0 aliphatic rings. The normalized spacial score (nSPS) is 12.8. The van der Waals surface area contributed by atoms with Gasteiger partial charge < -0.3 is 5.11 Å². The van der Waals surface area contributed by atoms with Crippen molar-refractivity contribution in [3.63, 3.8) is 0 Å². The lowest BCUT2D eigenvalue weighted by Crippen LogP contribution is -2.28. The van der Waals surface area contributed by atoms with Gasteiger partial charge in [-0.3, -0.25) is 4.98 Å². The van der Waals surface area contributed by atoms with E-state index in [0.29, 0.717) is 5.69 Å². The second-order valence-corrected chi connectivity index (χ2v) is 5.95. The van der Waals surface area contributed by atoms with E-state index >= 15 is 0 Å². The average molecular weight is 307 g/mol. The molecule has 0 amide bonds. The lowest BCUT2D eigenvalue weighted by atomic mass is 10.2. The first-order chi connectivity index (χ1) is 9.90. The van der Waals surface area contributed by atoms with Gasteiger partial charge in [-0.25, -0.2) is 22.9 Å². The Morgan fingerprint density at radius 1 is 1.24 bits per heavy atom. The number of hydrogen-bond donors (Lipinski definition) is 2. The van der Waals surface area contributed by atoms with E-state index in [-0.39, 0.29) is 10.6 Å². The lowest BCUT2D eigenvalue weighted by Gasteiger charge is -2.13. The number of nitrogens with zero attached hydrogens (tertiary/aromatic N) is 2. The third-order valence-corrected chi connectivity index (χ3v) is 4.18. The van der Waals surface area contributed by atoms with Crippen LogP contribution >= 0.6 is 0 Å². The SMILES string of the molecule is CC(NS(=O)(=O)c1ccc(C(=O)O)cn1)c1ccccn1. The van der Waals surface area contributed by atoms with Crippen molar-refractivity contribution in [1.82, 2.24) is 14.7 Å². The van der Waals surface area contributed by atoms with E-state index in [9.17, 15) is 13.2 Å². The summed E-state index contributed by atoms with van der Waals surface area (Å²) in [7, 11) is -3.84. The molecule has 1 unspecified atom stereocenters. The van der Waals surface area contributed by atoms with Gasteiger partial charge in [0, 0.05) is 12.4 Å². The second kappa shape index (κ2) is 5.98. The predicted octanol–water partition coefficient (Wildman–Crippen LogP) is 1.21. The monoisotopic (exact) mass is 307 g/mol. The van der Waals surface area contributed by atoms with Crippen molar-refractivity contribution in [2.45, 2.75) is 18.0 Å². The molecule has 0 radical (unpaired) electrons. The number of aromatic nitrogens is 2. The summed E-state index contributed by atoms with van der Waals surface area (Å²) in [6.45, 7) is 1.66. The molecule has 2 heterocycles. The van der Waals surface area contributed by atoms with E-state index < -0.39 is 22.0 Å². The van der Waals surface area contributed by atoms with Gasteiger partial charge in [0.25, 0.3) is 10.0 Å². The largest absolute Gasteiger partial charge is 0.478 e. The van der Waals surface area contributed by atoms with Crippen LogP contribution in [0.25, 0.3) is 0 Å². The molecule has 0 saturated heterocycles. The van der Waals surface area contributed by atoms with Crippen LogP contribution in [0.5, 0.6) is 0 Å². The highest BCUT2D eigenvalue weighted by Gasteiger charge is 2.20. The Balaban J connectivity index is 2.20. The van der Waals surface area contributed by atoms with Gasteiger partial charge in [-0.05, 0) is 31.2 Å². The summed E-state index contributed by atoms with van der Waals surface area (Å²) in [4.78, 5) is 18.4. The molecule has 21 heavy (non-hydrogen) atoms. The summed E-state index contributed by atoms with van der Waals surface area (Å²) < 4.78 is 26.7. The van der Waals surface area contributed by atoms with Crippen molar-refractivity contribution in [3.05, 3.63) is 54.0 Å². The number of aromatic carboxylic acids is 1. The van der Waals surface area contributed by atoms with Crippen molar-refractivity contribution in [2.75, 3.05) is 0 Å². The van der Waals surface area contributed by atoms with Gasteiger partial charge in [-0.2, -0.15) is 0 Å². The summed E-state index contributed by atoms with van der Waals surface area (Å²) >= 11 is 0. The van der Waals surface area contributed by atoms with E-state index in [1.807, 2.05) is 0 Å². The average Bonchev–Trinajstić information content (AvgIpc) is 2.48. The number of nitrogens with one attached hydrogen (secondary N) is 1. The molecule has 2 aromatic heterocycles. The lowest BCUT2D eigenvalue weighted by molar-refractivity contribution is 0.0696. The Morgan fingerprint density at radius 3 is 2.52 bits per heavy atom. The highest BCUT2D eigenvalue weighted by Crippen LogP contribution is 2.14. The molecule has 7 nitrogen and oxygen atoms in total. The first kappa shape index (κ1) is 15.1. The van der Waals surface area contributed by atoms with Gasteiger partial charge in [0.1, 0.15) is 0 Å². The Hall–Kier alpha value is -2.32. The van der Waals surface area contributed by atoms with Crippen molar-refractivity contribution >= 4 is 16.0 Å². The molecule has 1 atom stereocenters. The van der Waals surface area contributed by atoms with Crippen LogP contribution < -0.4 is 4.72 Å². The summed E-state index contributed by atoms with van der Waals surface area (Å²) in [5, 5.41) is 8.52. The quantitative estimate of drug-likeness (QED) is 0.859. The molecule has 0 bridgehead atoms. The number of sulfonamides is 1. The molecule has 0 aliphatic carbocycles. The summed E-state index contributed by atoms with van der Waals surface area (Å²) in [6.07, 6.45) is 2.57. The van der Waals surface area contributed by atoms with Crippen molar-refractivity contribution < 1.29 is 18.3 Å². The smallest absolute Gasteiger partial charge is 0.337 e. The van der Waals surface area contributed by atoms with E-state index in [1.165, 1.54) is 6.07 Å². The van der Waals surface area contributed by atoms with Gasteiger partial charge in [-0.1, -0.05) is 6.07 Å². The topological polar surface area (TPSA) is 109 Å². The number of carboxylic acids is 1. The molecule has 0 spiro atoms. The van der Waals surface area contributed by atoms with Crippen molar-refractivity contribution in [1.29, 1.82) is 0 Å². The number of carboxylic acid groups (broad SMARTS) is 1. The summed E-state index contributed by atoms with van der Waals surface area (Å²) in [5.41, 5.74) is 0.495. The molecule has 0 aliphatic heterocycles. The standard InChI is InChI=1S/C13H13N3O4S/c1-9(11-4-2-3-7-14-11)16-21(19,20)12-6-5-10(8-15-12)13(17)18/h2-9,16H,1H3,(H,17,18). The van der Waals surface area contributed by atoms with Crippen LogP contribution in [0.3, 0.4) is 0 Å². The molecule has 0 aromatic carbocycles. The third kappa shape index (κ3) is 3.61. The number of hydrogen-bond acceptors (Lipinski definition) is 5. The van der Waals surface area contributed by atoms with Crippen LogP contribution in [0.4, 0.5) is 0 Å². The zero-order chi connectivity index (χ0) is 15.5. The van der Waals surface area contributed by atoms with Crippen molar-refractivity contribution in [2.24, 2.45) is 0 Å². The molecule has 0 fully saturated rings. The maximum atomic E-state index is 12.1. The number of pyridine rings is 2. The fourth-order valence-corrected chi connectivity index (χ4v) is 2.80. The molecular weight excluding hydrogens is 294 g/mol.